The van der Waals surface area contributed by atoms with Crippen LogP contribution in [0.15, 0.2) is 36.4 Å². The quantitative estimate of drug-likeness (QED) is 0.753. The number of hydrogen-bond donors (Lipinski definition) is 1. The van der Waals surface area contributed by atoms with E-state index in [1.54, 1.807) is 13.2 Å². The second-order valence-electron chi connectivity index (χ2n) is 6.92. The van der Waals surface area contributed by atoms with Gasteiger partial charge >= 0.3 is 0 Å². The van der Waals surface area contributed by atoms with Gasteiger partial charge in [-0.25, -0.2) is 4.39 Å². The van der Waals surface area contributed by atoms with E-state index in [9.17, 15) is 4.39 Å². The van der Waals surface area contributed by atoms with Crippen molar-refractivity contribution in [3.05, 3.63) is 53.3 Å². The Kier molecular flexibility index (Phi) is 11.5. The number of ether oxygens (including phenoxy) is 4. The molecule has 2 aromatic carbocycles. The van der Waals surface area contributed by atoms with Gasteiger partial charge in [-0.1, -0.05) is 0 Å². The second-order valence-corrected chi connectivity index (χ2v) is 6.92. The maximum absolute atomic E-state index is 12.7. The van der Waals surface area contributed by atoms with E-state index in [0.29, 0.717) is 11.1 Å². The van der Waals surface area contributed by atoms with Crippen LogP contribution in [0.5, 0.6) is 11.5 Å². The third-order valence-corrected chi connectivity index (χ3v) is 4.79. The number of nitrogens with one attached hydrogen (secondary N) is 1. The Morgan fingerprint density at radius 3 is 1.88 bits per heavy atom. The van der Waals surface area contributed by atoms with Crippen LogP contribution in [0.3, 0.4) is 0 Å². The van der Waals surface area contributed by atoms with Crippen LogP contribution in [0.25, 0.3) is 0 Å². The number of nitrogens with zero attached hydrogens (tertiary/aromatic N) is 3. The summed E-state index contributed by atoms with van der Waals surface area (Å²) in [6, 6.07) is 13.5. The van der Waals surface area contributed by atoms with Gasteiger partial charge in [-0.3, -0.25) is 0 Å². The summed E-state index contributed by atoms with van der Waals surface area (Å²) >= 11 is 0. The maximum Gasteiger partial charge on any atom is 0.165 e. The highest BCUT2D eigenvalue weighted by atomic mass is 19.1. The van der Waals surface area contributed by atoms with E-state index in [1.807, 2.05) is 18.2 Å². The average Bonchev–Trinajstić information content (AvgIpc) is 2.90. The molecule has 0 atom stereocenters. The van der Waals surface area contributed by atoms with E-state index < -0.39 is 5.82 Å². The molecule has 2 heterocycles. The number of halogens is 1. The van der Waals surface area contributed by atoms with Crippen molar-refractivity contribution in [1.82, 2.24) is 5.32 Å². The smallest absolute Gasteiger partial charge is 0.165 e. The third-order valence-electron chi connectivity index (χ3n) is 4.79. The molecular formula is C24H29FN4O4. The van der Waals surface area contributed by atoms with Crippen LogP contribution in [-0.2, 0) is 9.47 Å². The summed E-state index contributed by atoms with van der Waals surface area (Å²) in [5.74, 6) is 0.400. The van der Waals surface area contributed by atoms with Gasteiger partial charge in [0.15, 0.2) is 11.6 Å². The topological polar surface area (TPSA) is 99.8 Å². The lowest BCUT2D eigenvalue weighted by molar-refractivity contribution is 0.109. The number of nitriles is 2. The number of rotatable bonds is 3. The highest BCUT2D eigenvalue weighted by molar-refractivity contribution is 5.61. The van der Waals surface area contributed by atoms with Crippen molar-refractivity contribution < 1.29 is 23.3 Å². The molecule has 4 rings (SSSR count). The van der Waals surface area contributed by atoms with E-state index in [2.05, 4.69) is 21.0 Å². The minimum absolute atomic E-state index is 0.101. The molecule has 8 nitrogen and oxygen atoms in total. The average molecular weight is 457 g/mol. The standard InChI is InChI=1S/C12H14N2O2.C8H6FNO.C4H9NO/c1-15-12-8-10(9-13)2-3-11(12)14-4-6-16-7-5-14;1-11-8-4-6(5-10)2-3-7(8)9;1-3-6-4-2-5-1/h2-3,8H,4-7H2,1H3;2-4H,1H3;5H,1-4H2. The van der Waals surface area contributed by atoms with Crippen LogP contribution >= 0.6 is 0 Å². The van der Waals surface area contributed by atoms with Crippen molar-refractivity contribution in [2.24, 2.45) is 0 Å². The largest absolute Gasteiger partial charge is 0.495 e. The van der Waals surface area contributed by atoms with Crippen LogP contribution in [0.2, 0.25) is 0 Å². The minimum Gasteiger partial charge on any atom is -0.495 e. The molecule has 0 bridgehead atoms. The highest BCUT2D eigenvalue weighted by Gasteiger charge is 2.15. The third kappa shape index (κ3) is 8.59. The van der Waals surface area contributed by atoms with Gasteiger partial charge in [0.05, 0.1) is 69.6 Å². The van der Waals surface area contributed by atoms with Crippen molar-refractivity contribution in [1.29, 1.82) is 10.5 Å². The number of hydrogen-bond acceptors (Lipinski definition) is 8. The summed E-state index contributed by atoms with van der Waals surface area (Å²) in [6.07, 6.45) is 0. The Morgan fingerprint density at radius 2 is 1.39 bits per heavy atom. The minimum atomic E-state index is -0.452. The summed E-state index contributed by atoms with van der Waals surface area (Å²) in [5.41, 5.74) is 2.04. The predicted octanol–water partition coefficient (Wildman–Crippen LogP) is 2.72. The Hall–Kier alpha value is -3.37. The van der Waals surface area contributed by atoms with Crippen molar-refractivity contribution in [3.8, 4) is 23.6 Å². The SMILES string of the molecule is C1COCCN1.COc1cc(C#N)ccc1F.COc1cc(C#N)ccc1N1CCOCC1. The van der Waals surface area contributed by atoms with Gasteiger partial charge in [0, 0.05) is 38.3 Å². The lowest BCUT2D eigenvalue weighted by atomic mass is 10.2. The predicted molar refractivity (Wildman–Crippen MR) is 122 cm³/mol. The van der Waals surface area contributed by atoms with E-state index in [-0.39, 0.29) is 5.75 Å². The van der Waals surface area contributed by atoms with Gasteiger partial charge in [0.25, 0.3) is 0 Å². The molecule has 0 unspecified atom stereocenters. The molecular weight excluding hydrogens is 427 g/mol. The molecule has 1 N–H and O–H groups in total. The molecule has 33 heavy (non-hydrogen) atoms. The van der Waals surface area contributed by atoms with Crippen molar-refractivity contribution in [3.63, 3.8) is 0 Å². The molecule has 0 saturated carbocycles. The summed E-state index contributed by atoms with van der Waals surface area (Å²) in [6.45, 7) is 7.04. The molecule has 0 spiro atoms. The number of anilines is 1. The van der Waals surface area contributed by atoms with Crippen molar-refractivity contribution >= 4 is 5.69 Å². The molecule has 0 aliphatic carbocycles. The normalized spacial score (nSPS) is 14.9. The summed E-state index contributed by atoms with van der Waals surface area (Å²) in [7, 11) is 2.99. The molecule has 9 heteroatoms. The van der Waals surface area contributed by atoms with Gasteiger partial charge in [-0.2, -0.15) is 10.5 Å². The summed E-state index contributed by atoms with van der Waals surface area (Å²) < 4.78 is 33.0. The molecule has 2 aromatic rings. The molecule has 0 aromatic heterocycles. The zero-order valence-electron chi connectivity index (χ0n) is 19.0. The van der Waals surface area contributed by atoms with Gasteiger partial charge in [-0.15, -0.1) is 0 Å². The van der Waals surface area contributed by atoms with Gasteiger partial charge in [0.1, 0.15) is 5.75 Å². The first-order valence-corrected chi connectivity index (χ1v) is 10.6. The van der Waals surface area contributed by atoms with Crippen molar-refractivity contribution in [2.45, 2.75) is 0 Å². The Bertz CT molecular complexity index is 937. The van der Waals surface area contributed by atoms with Gasteiger partial charge in [0.2, 0.25) is 0 Å². The monoisotopic (exact) mass is 456 g/mol. The Morgan fingerprint density at radius 1 is 0.848 bits per heavy atom. The molecule has 2 saturated heterocycles. The van der Waals surface area contributed by atoms with Crippen LogP contribution in [-0.4, -0.2) is 66.8 Å². The fourth-order valence-electron chi connectivity index (χ4n) is 3.06. The lowest BCUT2D eigenvalue weighted by Crippen LogP contribution is -2.36. The van der Waals surface area contributed by atoms with Gasteiger partial charge in [-0.05, 0) is 24.3 Å². The van der Waals surface area contributed by atoms with Crippen LogP contribution in [0.4, 0.5) is 10.1 Å². The molecule has 176 valence electrons. The molecule has 2 fully saturated rings. The molecule has 0 amide bonds. The zero-order chi connectivity index (χ0) is 23.9. The molecule has 0 radical (unpaired) electrons. The number of methoxy groups -OCH3 is 2. The molecule has 2 aliphatic heterocycles. The first-order chi connectivity index (χ1) is 16.1. The number of morpholine rings is 2. The van der Waals surface area contributed by atoms with E-state index in [1.165, 1.54) is 25.3 Å². The maximum atomic E-state index is 12.7. The fraction of sp³-hybridized carbons (Fsp3) is 0.417. The first kappa shape index (κ1) is 25.9. The lowest BCUT2D eigenvalue weighted by Gasteiger charge is -2.30. The van der Waals surface area contributed by atoms with Crippen LogP contribution in [0, 0.1) is 28.5 Å². The highest BCUT2D eigenvalue weighted by Crippen LogP contribution is 2.29. The Labute approximate surface area is 194 Å². The van der Waals surface area contributed by atoms with Crippen LogP contribution < -0.4 is 19.7 Å². The molecule has 2 aliphatic rings. The summed E-state index contributed by atoms with van der Waals surface area (Å²) in [5, 5.41) is 20.4. The fourth-order valence-corrected chi connectivity index (χ4v) is 3.06. The zero-order valence-corrected chi connectivity index (χ0v) is 19.0. The summed E-state index contributed by atoms with van der Waals surface area (Å²) in [4.78, 5) is 2.21. The Balaban J connectivity index is 0.000000195. The van der Waals surface area contributed by atoms with E-state index in [4.69, 9.17) is 24.7 Å². The van der Waals surface area contributed by atoms with E-state index in [0.717, 1.165) is 64.0 Å². The number of benzene rings is 2. The van der Waals surface area contributed by atoms with E-state index >= 15 is 0 Å². The van der Waals surface area contributed by atoms with Crippen molar-refractivity contribution in [2.75, 3.05) is 71.7 Å². The second kappa shape index (κ2) is 14.6. The first-order valence-electron chi connectivity index (χ1n) is 10.6. The van der Waals surface area contributed by atoms with Gasteiger partial charge < -0.3 is 29.2 Å². The van der Waals surface area contributed by atoms with Crippen LogP contribution in [0.1, 0.15) is 11.1 Å².